The zero-order valence-electron chi connectivity index (χ0n) is 13.9. The fourth-order valence-corrected chi connectivity index (χ4v) is 6.02. The summed E-state index contributed by atoms with van der Waals surface area (Å²) in [6, 6.07) is 9.84. The highest BCUT2D eigenvalue weighted by atomic mass is 16.3. The van der Waals surface area contributed by atoms with E-state index in [1.807, 2.05) is 0 Å². The molecular formula is C20H25N2O+. The van der Waals surface area contributed by atoms with Crippen molar-refractivity contribution in [3.63, 3.8) is 0 Å². The van der Waals surface area contributed by atoms with Crippen LogP contribution in [0.25, 0.3) is 10.9 Å². The Morgan fingerprint density at radius 3 is 2.96 bits per heavy atom. The van der Waals surface area contributed by atoms with Crippen LogP contribution in [0.1, 0.15) is 30.6 Å². The maximum absolute atomic E-state index is 10.1. The van der Waals surface area contributed by atoms with Crippen LogP contribution in [0.3, 0.4) is 0 Å². The molecule has 0 aliphatic carbocycles. The van der Waals surface area contributed by atoms with Crippen LogP contribution >= 0.6 is 0 Å². The van der Waals surface area contributed by atoms with Crippen LogP contribution in [-0.2, 0) is 6.42 Å². The third-order valence-corrected chi connectivity index (χ3v) is 7.13. The van der Waals surface area contributed by atoms with Crippen LogP contribution in [-0.4, -0.2) is 40.8 Å². The Labute approximate surface area is 137 Å². The van der Waals surface area contributed by atoms with E-state index in [1.54, 1.807) is 5.57 Å². The number of H-pyrrole nitrogens is 1. The number of piperidine rings is 3. The number of hydrogen-bond acceptors (Lipinski definition) is 1. The van der Waals surface area contributed by atoms with Crippen LogP contribution in [0.15, 0.2) is 35.9 Å². The van der Waals surface area contributed by atoms with Gasteiger partial charge in [-0.1, -0.05) is 24.3 Å². The smallest absolute Gasteiger partial charge is 0.131 e. The zero-order chi connectivity index (χ0) is 15.8. The third-order valence-electron chi connectivity index (χ3n) is 7.13. The van der Waals surface area contributed by atoms with Crippen molar-refractivity contribution in [2.75, 3.05) is 20.2 Å². The van der Waals surface area contributed by atoms with E-state index < -0.39 is 0 Å². The van der Waals surface area contributed by atoms with Gasteiger partial charge in [-0.05, 0) is 24.1 Å². The number of likely N-dealkylation sites (N-methyl/N-ethyl adjacent to an activating group) is 1. The van der Waals surface area contributed by atoms with Crippen molar-refractivity contribution in [2.24, 2.45) is 11.8 Å². The molecule has 3 heteroatoms. The van der Waals surface area contributed by atoms with E-state index in [-0.39, 0.29) is 0 Å². The largest absolute Gasteiger partial charge is 0.396 e. The van der Waals surface area contributed by atoms with Crippen LogP contribution < -0.4 is 0 Å². The van der Waals surface area contributed by atoms with Gasteiger partial charge in [0.15, 0.2) is 0 Å². The Morgan fingerprint density at radius 1 is 1.35 bits per heavy atom. The van der Waals surface area contributed by atoms with Crippen molar-refractivity contribution in [3.8, 4) is 0 Å². The molecule has 4 aliphatic heterocycles. The number of nitrogens with one attached hydrogen (secondary N) is 1. The first-order valence-electron chi connectivity index (χ1n) is 8.87. The lowest BCUT2D eigenvalue weighted by molar-refractivity contribution is -0.978. The normalized spacial score (nSPS) is 39.9. The monoisotopic (exact) mass is 309 g/mol. The van der Waals surface area contributed by atoms with Crippen molar-refractivity contribution in [1.29, 1.82) is 0 Å². The number of quaternary nitrogens is 1. The van der Waals surface area contributed by atoms with E-state index in [9.17, 15) is 5.11 Å². The number of hydrogen-bond donors (Lipinski definition) is 2. The van der Waals surface area contributed by atoms with Gasteiger partial charge in [-0.3, -0.25) is 0 Å². The number of benzene rings is 1. The lowest BCUT2D eigenvalue weighted by atomic mass is 9.62. The number of aliphatic hydroxyl groups is 1. The highest BCUT2D eigenvalue weighted by molar-refractivity contribution is 5.85. The minimum Gasteiger partial charge on any atom is -0.396 e. The van der Waals surface area contributed by atoms with Crippen molar-refractivity contribution < 1.29 is 9.59 Å². The Morgan fingerprint density at radius 2 is 2.17 bits per heavy atom. The van der Waals surface area contributed by atoms with E-state index >= 15 is 0 Å². The molecule has 6 rings (SSSR count). The second kappa shape index (κ2) is 4.49. The van der Waals surface area contributed by atoms with Crippen molar-refractivity contribution in [1.82, 2.24) is 4.98 Å². The minimum atomic E-state index is 0.324. The molecule has 3 nitrogen and oxygen atoms in total. The van der Waals surface area contributed by atoms with Gasteiger partial charge < -0.3 is 14.6 Å². The molecule has 4 bridgehead atoms. The Balaban J connectivity index is 1.73. The van der Waals surface area contributed by atoms with Crippen molar-refractivity contribution in [2.45, 2.75) is 31.8 Å². The van der Waals surface area contributed by atoms with Gasteiger partial charge >= 0.3 is 0 Å². The maximum Gasteiger partial charge on any atom is 0.131 e. The lowest BCUT2D eigenvalue weighted by Crippen LogP contribution is -2.70. The van der Waals surface area contributed by atoms with E-state index in [1.165, 1.54) is 28.6 Å². The summed E-state index contributed by atoms with van der Waals surface area (Å²) in [6.07, 6.45) is 4.59. The number of aliphatic hydroxyl groups excluding tert-OH is 1. The molecule has 4 aliphatic rings. The van der Waals surface area contributed by atoms with Gasteiger partial charge in [-0.25, -0.2) is 0 Å². The molecule has 0 radical (unpaired) electrons. The highest BCUT2D eigenvalue weighted by Crippen LogP contribution is 2.57. The topological polar surface area (TPSA) is 36.0 Å². The summed E-state index contributed by atoms with van der Waals surface area (Å²) < 4.78 is 1.08. The maximum atomic E-state index is 10.1. The van der Waals surface area contributed by atoms with Crippen LogP contribution in [0, 0.1) is 11.8 Å². The predicted molar refractivity (Wildman–Crippen MR) is 92.0 cm³/mol. The molecule has 5 heterocycles. The molecule has 5 atom stereocenters. The Hall–Kier alpha value is -1.58. The number of aromatic amines is 1. The fraction of sp³-hybridized carbons (Fsp3) is 0.500. The second-order valence-corrected chi connectivity index (χ2v) is 7.91. The first-order valence-corrected chi connectivity index (χ1v) is 8.87. The fourth-order valence-electron chi connectivity index (χ4n) is 6.02. The molecule has 2 aromatic rings. The number of nitrogens with zero attached hydrogens (tertiary/aromatic N) is 1. The Bertz CT molecular complexity index is 820. The SMILES string of the molecule is C/C=C1/C[N@@+]2(C)[C@H]3C[C@@H]1[C@H](CO)[C@@H]2Cc1c3[nH]c2ccccc12. The summed E-state index contributed by atoms with van der Waals surface area (Å²) in [6.45, 7) is 3.65. The van der Waals surface area contributed by atoms with Gasteiger partial charge in [0.2, 0.25) is 0 Å². The number of fused-ring (bicyclic) bond motifs is 4. The summed E-state index contributed by atoms with van der Waals surface area (Å²) >= 11 is 0. The number of aromatic nitrogens is 1. The summed E-state index contributed by atoms with van der Waals surface area (Å²) in [5.41, 5.74) is 5.84. The molecule has 0 saturated carbocycles. The molecule has 120 valence electrons. The zero-order valence-corrected chi connectivity index (χ0v) is 13.9. The number of para-hydroxylation sites is 1. The van der Waals surface area contributed by atoms with Gasteiger partial charge in [0.25, 0.3) is 0 Å². The standard InChI is InChI=1S/C20H25N2O/c1-3-12-10-22(2)18-9-15-13-6-4-5-7-17(13)21-20(15)19(22)8-14(12)16(18)11-23/h3-7,14,16,18-19,21,23H,8-11H2,1-2H3/q+1/b12-3-/t14-,16-,18-,19-,22+/m0/s1. The van der Waals surface area contributed by atoms with E-state index in [0.717, 1.165) is 17.4 Å². The van der Waals surface area contributed by atoms with Gasteiger partial charge in [0, 0.05) is 35.6 Å². The number of allylic oxidation sites excluding steroid dienone is 1. The van der Waals surface area contributed by atoms with Crippen LogP contribution in [0.5, 0.6) is 0 Å². The summed E-state index contributed by atoms with van der Waals surface area (Å²) in [7, 11) is 2.42. The van der Waals surface area contributed by atoms with Gasteiger partial charge in [-0.2, -0.15) is 0 Å². The lowest BCUT2D eigenvalue weighted by Gasteiger charge is -2.62. The molecule has 23 heavy (non-hydrogen) atoms. The van der Waals surface area contributed by atoms with Crippen molar-refractivity contribution in [3.05, 3.63) is 47.2 Å². The van der Waals surface area contributed by atoms with Crippen LogP contribution in [0.2, 0.25) is 0 Å². The molecule has 3 saturated heterocycles. The average Bonchev–Trinajstić information content (AvgIpc) is 2.92. The molecule has 2 N–H and O–H groups in total. The average molecular weight is 309 g/mol. The predicted octanol–water partition coefficient (Wildman–Crippen LogP) is 3.17. The molecule has 3 fully saturated rings. The second-order valence-electron chi connectivity index (χ2n) is 7.91. The highest BCUT2D eigenvalue weighted by Gasteiger charge is 2.61. The molecule has 1 aromatic heterocycles. The molecule has 0 unspecified atom stereocenters. The van der Waals surface area contributed by atoms with Crippen molar-refractivity contribution >= 4 is 10.9 Å². The van der Waals surface area contributed by atoms with Crippen LogP contribution in [0.4, 0.5) is 0 Å². The first kappa shape index (κ1) is 13.8. The minimum absolute atomic E-state index is 0.324. The third kappa shape index (κ3) is 1.57. The quantitative estimate of drug-likeness (QED) is 0.616. The van der Waals surface area contributed by atoms with E-state index in [2.05, 4.69) is 49.3 Å². The first-order chi connectivity index (χ1) is 11.2. The summed E-state index contributed by atoms with van der Waals surface area (Å²) in [4.78, 5) is 3.75. The van der Waals surface area contributed by atoms with Gasteiger partial charge in [0.1, 0.15) is 12.6 Å². The van der Waals surface area contributed by atoms with E-state index in [0.29, 0.717) is 30.5 Å². The number of rotatable bonds is 1. The summed E-state index contributed by atoms with van der Waals surface area (Å²) in [5.74, 6) is 0.984. The Kier molecular flexibility index (Phi) is 2.70. The molecule has 1 aromatic carbocycles. The molecular weight excluding hydrogens is 284 g/mol. The van der Waals surface area contributed by atoms with E-state index in [4.69, 9.17) is 0 Å². The molecule has 0 spiro atoms. The van der Waals surface area contributed by atoms with Gasteiger partial charge in [-0.15, -0.1) is 0 Å². The van der Waals surface area contributed by atoms with Gasteiger partial charge in [0.05, 0.1) is 25.4 Å². The molecule has 0 amide bonds. The summed E-state index contributed by atoms with van der Waals surface area (Å²) in [5, 5.41) is 11.5.